The van der Waals surface area contributed by atoms with Gasteiger partial charge in [-0.2, -0.15) is 0 Å². The number of nitrogens with one attached hydrogen (secondary N) is 2. The second kappa shape index (κ2) is 5.99. The fraction of sp³-hybridized carbons (Fsp3) is 0.385. The lowest BCUT2D eigenvalue weighted by molar-refractivity contribution is 0.922. The van der Waals surface area contributed by atoms with Gasteiger partial charge in [0.25, 0.3) is 0 Å². The molecule has 0 spiro atoms. The number of hydrogen-bond acceptors (Lipinski definition) is 6. The maximum Gasteiger partial charge on any atom is 0.148 e. The van der Waals surface area contributed by atoms with Crippen molar-refractivity contribution in [2.24, 2.45) is 5.84 Å². The number of hydrazine groups is 1. The van der Waals surface area contributed by atoms with Crippen molar-refractivity contribution in [3.8, 4) is 0 Å². The molecule has 0 fully saturated rings. The van der Waals surface area contributed by atoms with E-state index < -0.39 is 0 Å². The van der Waals surface area contributed by atoms with Gasteiger partial charge in [-0.05, 0) is 30.9 Å². The number of anilines is 2. The van der Waals surface area contributed by atoms with Crippen molar-refractivity contribution < 1.29 is 0 Å². The van der Waals surface area contributed by atoms with E-state index in [0.717, 1.165) is 30.2 Å². The summed E-state index contributed by atoms with van der Waals surface area (Å²) in [5, 5.41) is 5.47. The van der Waals surface area contributed by atoms with Crippen molar-refractivity contribution in [2.45, 2.75) is 33.7 Å². The van der Waals surface area contributed by atoms with Gasteiger partial charge in [0, 0.05) is 16.9 Å². The molecular formula is C13H19N5S. The number of rotatable bonds is 5. The Morgan fingerprint density at radius 2 is 2.00 bits per heavy atom. The Balaban J connectivity index is 2.22. The Kier molecular flexibility index (Phi) is 4.34. The molecule has 0 amide bonds. The number of aromatic nitrogens is 2. The van der Waals surface area contributed by atoms with Crippen LogP contribution in [0.1, 0.15) is 28.8 Å². The van der Waals surface area contributed by atoms with E-state index in [1.165, 1.54) is 10.4 Å². The summed E-state index contributed by atoms with van der Waals surface area (Å²) in [5.41, 5.74) is 4.87. The topological polar surface area (TPSA) is 75.9 Å². The highest BCUT2D eigenvalue weighted by Crippen LogP contribution is 2.22. The summed E-state index contributed by atoms with van der Waals surface area (Å²) < 4.78 is 0. The maximum absolute atomic E-state index is 5.49. The number of thiophene rings is 1. The SMILES string of the molecule is CCc1nc(NN)c(C)c(NCc2sccc2C)n1. The van der Waals surface area contributed by atoms with Crippen LogP contribution >= 0.6 is 11.3 Å². The summed E-state index contributed by atoms with van der Waals surface area (Å²) in [6.45, 7) is 6.87. The number of nitrogens with two attached hydrogens (primary N) is 1. The number of hydrogen-bond donors (Lipinski definition) is 3. The summed E-state index contributed by atoms with van der Waals surface area (Å²) in [6.07, 6.45) is 0.779. The maximum atomic E-state index is 5.49. The molecule has 0 radical (unpaired) electrons. The Morgan fingerprint density at radius 1 is 1.26 bits per heavy atom. The average molecular weight is 277 g/mol. The molecule has 0 atom stereocenters. The van der Waals surface area contributed by atoms with Gasteiger partial charge in [-0.1, -0.05) is 6.92 Å². The Morgan fingerprint density at radius 3 is 2.58 bits per heavy atom. The Bertz CT molecular complexity index is 564. The molecule has 0 aliphatic carbocycles. The molecule has 5 nitrogen and oxygen atoms in total. The fourth-order valence-corrected chi connectivity index (χ4v) is 2.63. The van der Waals surface area contributed by atoms with Crippen molar-refractivity contribution in [1.29, 1.82) is 0 Å². The summed E-state index contributed by atoms with van der Waals surface area (Å²) in [7, 11) is 0. The first kappa shape index (κ1) is 13.8. The third kappa shape index (κ3) is 3.02. The lowest BCUT2D eigenvalue weighted by Crippen LogP contribution is -2.14. The van der Waals surface area contributed by atoms with Gasteiger partial charge in [0.15, 0.2) is 0 Å². The highest BCUT2D eigenvalue weighted by atomic mass is 32.1. The first-order chi connectivity index (χ1) is 9.15. The van der Waals surface area contributed by atoms with Crippen LogP contribution in [0.15, 0.2) is 11.4 Å². The van der Waals surface area contributed by atoms with Gasteiger partial charge >= 0.3 is 0 Å². The molecule has 0 saturated carbocycles. The van der Waals surface area contributed by atoms with Crippen molar-refractivity contribution in [2.75, 3.05) is 10.7 Å². The molecule has 0 saturated heterocycles. The van der Waals surface area contributed by atoms with Crippen LogP contribution in [0.25, 0.3) is 0 Å². The van der Waals surface area contributed by atoms with Crippen molar-refractivity contribution in [3.63, 3.8) is 0 Å². The smallest absolute Gasteiger partial charge is 0.148 e. The number of aryl methyl sites for hydroxylation is 2. The molecule has 0 aliphatic rings. The van der Waals surface area contributed by atoms with Crippen LogP contribution in [0.3, 0.4) is 0 Å². The lowest BCUT2D eigenvalue weighted by Gasteiger charge is -2.13. The van der Waals surface area contributed by atoms with Crippen molar-refractivity contribution in [3.05, 3.63) is 33.3 Å². The third-order valence-corrected chi connectivity index (χ3v) is 4.05. The van der Waals surface area contributed by atoms with Crippen molar-refractivity contribution in [1.82, 2.24) is 9.97 Å². The minimum Gasteiger partial charge on any atom is -0.365 e. The predicted octanol–water partition coefficient (Wildman–Crippen LogP) is 2.62. The van der Waals surface area contributed by atoms with Crippen LogP contribution in [-0.4, -0.2) is 9.97 Å². The summed E-state index contributed by atoms with van der Waals surface area (Å²) in [6, 6.07) is 2.12. The van der Waals surface area contributed by atoms with Gasteiger partial charge in [-0.25, -0.2) is 15.8 Å². The first-order valence-electron chi connectivity index (χ1n) is 6.26. The number of nitrogen functional groups attached to an aromatic ring is 1. The highest BCUT2D eigenvalue weighted by molar-refractivity contribution is 7.10. The molecule has 2 aromatic rings. The van der Waals surface area contributed by atoms with Gasteiger partial charge in [-0.3, -0.25) is 0 Å². The van der Waals surface area contributed by atoms with E-state index in [9.17, 15) is 0 Å². The third-order valence-electron chi connectivity index (χ3n) is 3.03. The quantitative estimate of drug-likeness (QED) is 0.578. The van der Waals surface area contributed by atoms with Gasteiger partial charge in [-0.15, -0.1) is 11.3 Å². The monoisotopic (exact) mass is 277 g/mol. The van der Waals surface area contributed by atoms with E-state index in [1.54, 1.807) is 11.3 Å². The minimum absolute atomic E-state index is 0.678. The predicted molar refractivity (Wildman–Crippen MR) is 80.3 cm³/mol. The van der Waals surface area contributed by atoms with E-state index in [4.69, 9.17) is 5.84 Å². The molecular weight excluding hydrogens is 258 g/mol. The summed E-state index contributed by atoms with van der Waals surface area (Å²) in [4.78, 5) is 10.2. The van der Waals surface area contributed by atoms with Crippen molar-refractivity contribution >= 4 is 23.0 Å². The van der Waals surface area contributed by atoms with Crippen LogP contribution in [0.5, 0.6) is 0 Å². The normalized spacial score (nSPS) is 10.5. The molecule has 2 heterocycles. The molecule has 19 heavy (non-hydrogen) atoms. The molecule has 6 heteroatoms. The first-order valence-corrected chi connectivity index (χ1v) is 7.14. The van der Waals surface area contributed by atoms with E-state index in [0.29, 0.717) is 5.82 Å². The van der Waals surface area contributed by atoms with E-state index >= 15 is 0 Å². The van der Waals surface area contributed by atoms with E-state index in [1.807, 2.05) is 13.8 Å². The molecule has 2 aromatic heterocycles. The highest BCUT2D eigenvalue weighted by Gasteiger charge is 2.09. The van der Waals surface area contributed by atoms with Crippen LogP contribution in [-0.2, 0) is 13.0 Å². The minimum atomic E-state index is 0.678. The van der Waals surface area contributed by atoms with Crippen LogP contribution in [0.4, 0.5) is 11.6 Å². The summed E-state index contributed by atoms with van der Waals surface area (Å²) >= 11 is 1.75. The molecule has 0 unspecified atom stereocenters. The Hall–Kier alpha value is -1.66. The molecule has 0 aliphatic heterocycles. The zero-order chi connectivity index (χ0) is 13.8. The van der Waals surface area contributed by atoms with Gasteiger partial charge in [0.2, 0.25) is 0 Å². The van der Waals surface area contributed by atoms with Gasteiger partial charge in [0.1, 0.15) is 17.5 Å². The number of nitrogens with zero attached hydrogens (tertiary/aromatic N) is 2. The standard InChI is InChI=1S/C13H19N5S/c1-4-11-16-12(9(3)13(17-11)18-14)15-7-10-8(2)5-6-19-10/h5-6H,4,7,14H2,1-3H3,(H2,15,16,17,18). The molecule has 0 bridgehead atoms. The molecule has 0 aromatic carbocycles. The van der Waals surface area contributed by atoms with Crippen LogP contribution < -0.4 is 16.6 Å². The molecule has 2 rings (SSSR count). The average Bonchev–Trinajstić information content (AvgIpc) is 2.83. The molecule has 102 valence electrons. The van der Waals surface area contributed by atoms with Crippen LogP contribution in [0.2, 0.25) is 0 Å². The fourth-order valence-electron chi connectivity index (χ4n) is 1.78. The van der Waals surface area contributed by atoms with E-state index in [2.05, 4.69) is 39.1 Å². The second-order valence-corrected chi connectivity index (χ2v) is 5.34. The Labute approximate surface area is 117 Å². The molecule has 4 N–H and O–H groups in total. The second-order valence-electron chi connectivity index (χ2n) is 4.34. The zero-order valence-corrected chi connectivity index (χ0v) is 12.3. The summed E-state index contributed by atoms with van der Waals surface area (Å²) in [5.74, 6) is 7.79. The van der Waals surface area contributed by atoms with Crippen LogP contribution in [0, 0.1) is 13.8 Å². The van der Waals surface area contributed by atoms with E-state index in [-0.39, 0.29) is 0 Å². The largest absolute Gasteiger partial charge is 0.365 e. The van der Waals surface area contributed by atoms with Gasteiger partial charge in [0.05, 0.1) is 6.54 Å². The lowest BCUT2D eigenvalue weighted by atomic mass is 10.2. The zero-order valence-electron chi connectivity index (χ0n) is 11.4. The van der Waals surface area contributed by atoms with Gasteiger partial charge < -0.3 is 10.7 Å².